The fraction of sp³-hybridized carbons (Fsp3) is 0.457. The number of esters is 1. The highest BCUT2D eigenvalue weighted by atomic mass is 16.5. The molecule has 1 spiro atoms. The Morgan fingerprint density at radius 1 is 1.10 bits per heavy atom. The Hall–Kier alpha value is -5.19. The van der Waals surface area contributed by atoms with Crippen LogP contribution >= 0.6 is 0 Å². The van der Waals surface area contributed by atoms with E-state index in [2.05, 4.69) is 51.3 Å². The van der Waals surface area contributed by atoms with Crippen molar-refractivity contribution < 1.29 is 34.0 Å². The number of hydrogen-bond acceptors (Lipinski definition) is 12. The molecule has 2 aliphatic carbocycles. The Labute approximate surface area is 340 Å². The maximum absolute atomic E-state index is 12.5. The second-order valence-corrected chi connectivity index (χ2v) is 16.4. The lowest BCUT2D eigenvalue weighted by Crippen LogP contribution is -2.37. The molecule has 3 heterocycles. The predicted molar refractivity (Wildman–Crippen MR) is 222 cm³/mol. The van der Waals surface area contributed by atoms with Crippen molar-refractivity contribution in [2.75, 3.05) is 47.9 Å². The van der Waals surface area contributed by atoms with Gasteiger partial charge in [0.25, 0.3) is 0 Å². The number of ether oxygens (including phenoxy) is 4. The Morgan fingerprint density at radius 3 is 2.66 bits per heavy atom. The number of fused-ring (bicyclic) bond motifs is 6. The van der Waals surface area contributed by atoms with Crippen LogP contribution in [0.4, 0.5) is 0 Å². The molecule has 8 rings (SSSR count). The Morgan fingerprint density at radius 2 is 1.91 bits per heavy atom. The molecule has 58 heavy (non-hydrogen) atoms. The molecule has 5 aliphatic rings. The van der Waals surface area contributed by atoms with Crippen LogP contribution in [0.3, 0.4) is 0 Å². The second-order valence-electron chi connectivity index (χ2n) is 16.4. The molecule has 8 N–H and O–H groups in total. The van der Waals surface area contributed by atoms with E-state index in [0.717, 1.165) is 81.6 Å². The van der Waals surface area contributed by atoms with E-state index in [0.29, 0.717) is 55.5 Å². The summed E-state index contributed by atoms with van der Waals surface area (Å²) in [7, 11) is 7.22. The van der Waals surface area contributed by atoms with E-state index in [1.807, 2.05) is 39.4 Å². The van der Waals surface area contributed by atoms with Crippen LogP contribution in [0.15, 0.2) is 53.8 Å². The number of carbonyl (C=O) groups excluding carboxylic acids is 1. The molecule has 0 saturated heterocycles. The van der Waals surface area contributed by atoms with Crippen molar-refractivity contribution in [3.63, 3.8) is 0 Å². The molecule has 1 fully saturated rings. The predicted octanol–water partition coefficient (Wildman–Crippen LogP) is 4.70. The van der Waals surface area contributed by atoms with Gasteiger partial charge in [0.1, 0.15) is 36.1 Å². The SMILES string of the molecule is CNCc1c(O)c(OC(CNC)CNC)cc2c1CC#CC1=C(C=CC(N)N1)C[C@H]1CC[C@]3(Cc4cc(O)cc(OC)c4-c4ccc5c(c43)O[C@H]2[C@H]5COC(C)=O)C1. The number of benzene rings is 3. The third-order valence-electron chi connectivity index (χ3n) is 12.6. The van der Waals surface area contributed by atoms with E-state index in [4.69, 9.17) is 24.7 Å². The highest BCUT2D eigenvalue weighted by Crippen LogP contribution is 2.63. The van der Waals surface area contributed by atoms with E-state index in [1.54, 1.807) is 13.2 Å². The number of phenolic OH excluding ortho intramolecular Hbond substituents is 2. The zero-order valence-corrected chi connectivity index (χ0v) is 34.0. The van der Waals surface area contributed by atoms with Gasteiger partial charge >= 0.3 is 5.97 Å². The van der Waals surface area contributed by atoms with Crippen LogP contribution in [0.1, 0.15) is 78.0 Å². The Balaban J connectivity index is 1.40. The molecule has 12 heteroatoms. The molecule has 306 valence electrons. The molecule has 0 amide bonds. The van der Waals surface area contributed by atoms with Gasteiger partial charge < -0.3 is 56.2 Å². The number of nitrogens with two attached hydrogens (primary N) is 1. The van der Waals surface area contributed by atoms with E-state index in [-0.39, 0.29) is 47.7 Å². The van der Waals surface area contributed by atoms with E-state index in [1.165, 1.54) is 6.92 Å². The first kappa shape index (κ1) is 39.6. The monoisotopic (exact) mass is 789 g/mol. The highest BCUT2D eigenvalue weighted by Gasteiger charge is 2.51. The summed E-state index contributed by atoms with van der Waals surface area (Å²) in [5.41, 5.74) is 15.4. The van der Waals surface area contributed by atoms with Crippen LogP contribution in [0, 0.1) is 17.8 Å². The summed E-state index contributed by atoms with van der Waals surface area (Å²) in [5.74, 6) is 8.45. The number of carbonyl (C=O) groups is 1. The number of hydrogen-bond donors (Lipinski definition) is 7. The maximum Gasteiger partial charge on any atom is 0.302 e. The number of nitrogens with one attached hydrogen (secondary N) is 4. The minimum absolute atomic E-state index is 0.0401. The van der Waals surface area contributed by atoms with Crippen molar-refractivity contribution in [1.29, 1.82) is 0 Å². The fourth-order valence-corrected chi connectivity index (χ4v) is 10.2. The smallest absolute Gasteiger partial charge is 0.302 e. The first-order chi connectivity index (χ1) is 28.1. The summed E-state index contributed by atoms with van der Waals surface area (Å²) >= 11 is 0. The van der Waals surface area contributed by atoms with Crippen LogP contribution in [0.2, 0.25) is 0 Å². The molecule has 3 aromatic rings. The van der Waals surface area contributed by atoms with Crippen LogP contribution < -0.4 is 41.2 Å². The van der Waals surface area contributed by atoms with Crippen molar-refractivity contribution in [2.45, 2.75) is 81.7 Å². The topological polar surface area (TPSA) is 169 Å². The zero-order chi connectivity index (χ0) is 40.7. The molecular formula is C46H55N5O7. The van der Waals surface area contributed by atoms with Gasteiger partial charge in [-0.1, -0.05) is 24.1 Å². The van der Waals surface area contributed by atoms with Crippen LogP contribution in [-0.4, -0.2) is 76.4 Å². The average Bonchev–Trinajstić information content (AvgIpc) is 3.77. The molecule has 12 nitrogen and oxygen atoms in total. The van der Waals surface area contributed by atoms with Gasteiger partial charge in [0.05, 0.1) is 24.9 Å². The Kier molecular flexibility index (Phi) is 11.1. The lowest BCUT2D eigenvalue weighted by Gasteiger charge is -2.39. The summed E-state index contributed by atoms with van der Waals surface area (Å²) in [5, 5.41) is 36.0. The molecule has 0 radical (unpaired) electrons. The van der Waals surface area contributed by atoms with Crippen molar-refractivity contribution in [1.82, 2.24) is 21.3 Å². The molecule has 4 bridgehead atoms. The fourth-order valence-electron chi connectivity index (χ4n) is 10.2. The van der Waals surface area contributed by atoms with Crippen LogP contribution in [0.25, 0.3) is 11.1 Å². The van der Waals surface area contributed by atoms with E-state index >= 15 is 0 Å². The van der Waals surface area contributed by atoms with Gasteiger partial charge in [-0.25, -0.2) is 0 Å². The van der Waals surface area contributed by atoms with Crippen molar-refractivity contribution in [3.05, 3.63) is 87.1 Å². The molecule has 0 aromatic heterocycles. The number of methoxy groups -OCH3 is 1. The largest absolute Gasteiger partial charge is 0.508 e. The van der Waals surface area contributed by atoms with E-state index in [9.17, 15) is 15.0 Å². The minimum Gasteiger partial charge on any atom is -0.508 e. The lowest BCUT2D eigenvalue weighted by molar-refractivity contribution is -0.141. The van der Waals surface area contributed by atoms with Crippen molar-refractivity contribution in [2.24, 2.45) is 11.7 Å². The molecule has 5 atom stereocenters. The van der Waals surface area contributed by atoms with Gasteiger partial charge in [-0.2, -0.15) is 0 Å². The first-order valence-corrected chi connectivity index (χ1v) is 20.4. The van der Waals surface area contributed by atoms with Gasteiger partial charge in [0.15, 0.2) is 11.5 Å². The van der Waals surface area contributed by atoms with Gasteiger partial charge in [-0.15, -0.1) is 0 Å². The summed E-state index contributed by atoms with van der Waals surface area (Å²) < 4.78 is 25.8. The second kappa shape index (κ2) is 16.2. The number of aromatic hydroxyl groups is 2. The summed E-state index contributed by atoms with van der Waals surface area (Å²) in [4.78, 5) is 12.5. The average molecular weight is 790 g/mol. The maximum atomic E-state index is 12.5. The quantitative estimate of drug-likeness (QED) is 0.106. The zero-order valence-electron chi connectivity index (χ0n) is 34.0. The van der Waals surface area contributed by atoms with Gasteiger partial charge in [0.2, 0.25) is 0 Å². The first-order valence-electron chi connectivity index (χ1n) is 20.4. The minimum atomic E-state index is -0.621. The molecule has 1 unspecified atom stereocenters. The normalized spacial score (nSPS) is 23.6. The number of rotatable bonds is 11. The summed E-state index contributed by atoms with van der Waals surface area (Å²) in [6, 6.07) is 9.73. The Bertz CT molecular complexity index is 2230. The van der Waals surface area contributed by atoms with Crippen molar-refractivity contribution in [3.8, 4) is 51.7 Å². The number of dihydropyridines is 1. The third kappa shape index (κ3) is 7.15. The molecular weight excluding hydrogens is 735 g/mol. The van der Waals surface area contributed by atoms with Gasteiger partial charge in [-0.05, 0) is 106 Å². The van der Waals surface area contributed by atoms with Crippen LogP contribution in [0.5, 0.6) is 28.7 Å². The molecule has 1 saturated carbocycles. The number of phenols is 2. The number of likely N-dealkylation sites (N-methyl/N-ethyl adjacent to an activating group) is 2. The molecule has 3 aromatic carbocycles. The van der Waals surface area contributed by atoms with Crippen molar-refractivity contribution >= 4 is 5.97 Å². The standard InChI is InChI=1S/C46H55N5O7/c1-25(52)56-24-36-32-10-11-33-41-28(16-29(53)17-38(41)55-5)20-46-14-13-26(19-46)15-27-9-12-40(47)51-37(27)8-6-7-31-34(44(36)58-45(32)42(33)46)18-39(43(54)35(31)23-50-4)57-30(21-48-2)22-49-3/h9-12,16-18,26,30,36,40,44,48-51,53-54H,7,13-15,19-24,47H2,1-5H3/t26-,36+,40?,44-,46-/m1/s1. The van der Waals surface area contributed by atoms with Crippen LogP contribution in [-0.2, 0) is 34.3 Å². The van der Waals surface area contributed by atoms with Gasteiger partial charge in [0, 0.05) is 72.3 Å². The third-order valence-corrected chi connectivity index (χ3v) is 12.6. The number of allylic oxidation sites excluding steroid dienone is 3. The summed E-state index contributed by atoms with van der Waals surface area (Å²) in [6.45, 7) is 2.95. The summed E-state index contributed by atoms with van der Waals surface area (Å²) in [6.07, 6.45) is 7.46. The lowest BCUT2D eigenvalue weighted by atomic mass is 9.65. The molecule has 3 aliphatic heterocycles. The van der Waals surface area contributed by atoms with E-state index < -0.39 is 6.10 Å². The van der Waals surface area contributed by atoms with Gasteiger partial charge in [-0.3, -0.25) is 4.79 Å². The highest BCUT2D eigenvalue weighted by molar-refractivity contribution is 5.84.